The summed E-state index contributed by atoms with van der Waals surface area (Å²) in [5.41, 5.74) is 0. The Kier molecular flexibility index (Phi) is 25.7. The van der Waals surface area contributed by atoms with Gasteiger partial charge in [-0.3, -0.25) is 8.98 Å². The second-order valence-electron chi connectivity index (χ2n) is 8.97. The number of unbranched alkanes of at least 4 members (excludes halogenated alkanes) is 11. The Bertz CT molecular complexity index is 629. The molecular formula is C23H47N2NaO9S. The first-order valence-corrected chi connectivity index (χ1v) is 14.2. The number of aliphatic hydroxyl groups is 4. The van der Waals surface area contributed by atoms with Gasteiger partial charge in [0.15, 0.2) is 6.10 Å². The second kappa shape index (κ2) is 24.2. The van der Waals surface area contributed by atoms with Gasteiger partial charge in [-0.15, -0.1) is 0 Å². The largest absolute Gasteiger partial charge is 1.00 e. The number of rotatable bonds is 24. The number of carbonyl (C=O) groups excluding carboxylic acids is 1. The smallest absolute Gasteiger partial charge is 0.726 e. The summed E-state index contributed by atoms with van der Waals surface area (Å²) in [6, 6.07) is 0. The molecule has 0 saturated carbocycles. The Morgan fingerprint density at radius 1 is 0.778 bits per heavy atom. The summed E-state index contributed by atoms with van der Waals surface area (Å²) in [7, 11) is -5.10. The van der Waals surface area contributed by atoms with E-state index in [9.17, 15) is 38.2 Å². The van der Waals surface area contributed by atoms with Crippen LogP contribution in [0.5, 0.6) is 0 Å². The maximum atomic E-state index is 11.9. The van der Waals surface area contributed by atoms with Crippen molar-refractivity contribution in [1.82, 2.24) is 10.6 Å². The molecule has 6 N–H and O–H groups in total. The summed E-state index contributed by atoms with van der Waals surface area (Å²) < 4.78 is 34.8. The van der Waals surface area contributed by atoms with E-state index in [1.165, 1.54) is 70.6 Å². The van der Waals surface area contributed by atoms with Crippen LogP contribution in [0.2, 0.25) is 0 Å². The molecule has 1 amide bonds. The van der Waals surface area contributed by atoms with Crippen LogP contribution in [0.25, 0.3) is 0 Å². The monoisotopic (exact) mass is 550 g/mol. The molecule has 0 aliphatic heterocycles. The Morgan fingerprint density at radius 2 is 1.25 bits per heavy atom. The molecule has 11 nitrogen and oxygen atoms in total. The van der Waals surface area contributed by atoms with Gasteiger partial charge >= 0.3 is 29.6 Å². The number of carbonyl (C=O) groups is 1. The van der Waals surface area contributed by atoms with Gasteiger partial charge in [0, 0.05) is 6.54 Å². The van der Waals surface area contributed by atoms with Crippen molar-refractivity contribution in [2.75, 3.05) is 26.2 Å². The molecule has 36 heavy (non-hydrogen) atoms. The van der Waals surface area contributed by atoms with Gasteiger partial charge in [0.25, 0.3) is 5.91 Å². The van der Waals surface area contributed by atoms with Crippen molar-refractivity contribution in [3.05, 3.63) is 0 Å². The Morgan fingerprint density at radius 3 is 1.75 bits per heavy atom. The van der Waals surface area contributed by atoms with Crippen LogP contribution in [-0.2, 0) is 19.4 Å². The zero-order valence-corrected chi connectivity index (χ0v) is 24.9. The molecular weight excluding hydrogens is 503 g/mol. The molecule has 0 radical (unpaired) electrons. The third-order valence-corrected chi connectivity index (χ3v) is 6.18. The predicted octanol–water partition coefficient (Wildman–Crippen LogP) is -2.29. The third kappa shape index (κ3) is 22.2. The van der Waals surface area contributed by atoms with E-state index in [4.69, 9.17) is 0 Å². The molecule has 4 atom stereocenters. The minimum atomic E-state index is -5.10. The molecule has 0 aliphatic rings. The van der Waals surface area contributed by atoms with Crippen LogP contribution in [0.4, 0.5) is 0 Å². The number of amides is 1. The standard InChI is InChI=1S/C23H48N2O9S.Na/c1-2-3-4-5-6-7-8-9-10-11-12-13-15-24-16-14-17-25-23(30)22(29)21(28)20(27)19(26)18-34-35(31,32)33;/h19-22,24,26-29H,2-18H2,1H3,(H,25,30)(H,31,32,33);/q;+1/p-1/t19-,20-,21+,22-;/m1./s1. The first-order valence-electron chi connectivity index (χ1n) is 12.9. The number of nitrogens with one attached hydrogen (secondary N) is 2. The first-order chi connectivity index (χ1) is 16.6. The molecule has 0 heterocycles. The van der Waals surface area contributed by atoms with E-state index in [1.54, 1.807) is 0 Å². The summed E-state index contributed by atoms with van der Waals surface area (Å²) in [4.78, 5) is 11.9. The van der Waals surface area contributed by atoms with Gasteiger partial charge in [-0.2, -0.15) is 0 Å². The number of aliphatic hydroxyl groups excluding tert-OH is 4. The molecule has 0 aliphatic carbocycles. The predicted molar refractivity (Wildman–Crippen MR) is 131 cm³/mol. The van der Waals surface area contributed by atoms with Gasteiger partial charge in [-0.25, -0.2) is 8.42 Å². The normalized spacial score (nSPS) is 15.1. The van der Waals surface area contributed by atoms with Gasteiger partial charge in [0.1, 0.15) is 18.3 Å². The number of hydrogen-bond acceptors (Lipinski definition) is 10. The van der Waals surface area contributed by atoms with Crippen molar-refractivity contribution in [3.63, 3.8) is 0 Å². The zero-order valence-electron chi connectivity index (χ0n) is 22.1. The van der Waals surface area contributed by atoms with Crippen molar-refractivity contribution in [2.45, 2.75) is 115 Å². The van der Waals surface area contributed by atoms with Gasteiger partial charge in [-0.1, -0.05) is 77.6 Å². The molecule has 0 bridgehead atoms. The topological polar surface area (TPSA) is 188 Å². The zero-order chi connectivity index (χ0) is 26.5. The Labute approximate surface area is 239 Å². The molecule has 13 heteroatoms. The van der Waals surface area contributed by atoms with E-state index in [-0.39, 0.29) is 36.1 Å². The van der Waals surface area contributed by atoms with E-state index in [2.05, 4.69) is 21.7 Å². The van der Waals surface area contributed by atoms with Gasteiger partial charge in [-0.05, 0) is 25.9 Å². The fraction of sp³-hybridized carbons (Fsp3) is 0.957. The maximum absolute atomic E-state index is 11.9. The summed E-state index contributed by atoms with van der Waals surface area (Å²) >= 11 is 0. The molecule has 0 rings (SSSR count). The first kappa shape index (κ1) is 38.3. The molecule has 0 saturated heterocycles. The molecule has 0 unspecified atom stereocenters. The van der Waals surface area contributed by atoms with Gasteiger partial charge in [0.2, 0.25) is 10.4 Å². The fourth-order valence-electron chi connectivity index (χ4n) is 3.57. The van der Waals surface area contributed by atoms with Crippen molar-refractivity contribution < 1.29 is 71.9 Å². The molecule has 0 aromatic heterocycles. The quantitative estimate of drug-likeness (QED) is 0.0330. The maximum Gasteiger partial charge on any atom is 1.00 e. The molecule has 0 aromatic rings. The van der Waals surface area contributed by atoms with Crippen molar-refractivity contribution in [2.24, 2.45) is 0 Å². The van der Waals surface area contributed by atoms with Gasteiger partial charge < -0.3 is 35.6 Å². The third-order valence-electron chi connectivity index (χ3n) is 5.76. The average molecular weight is 551 g/mol. The van der Waals surface area contributed by atoms with E-state index < -0.39 is 47.3 Å². The summed E-state index contributed by atoms with van der Waals surface area (Å²) in [5, 5.41) is 44.5. The van der Waals surface area contributed by atoms with Crippen molar-refractivity contribution in [1.29, 1.82) is 0 Å². The summed E-state index contributed by atoms with van der Waals surface area (Å²) in [6.45, 7) is 2.89. The minimum Gasteiger partial charge on any atom is -0.726 e. The van der Waals surface area contributed by atoms with E-state index in [0.717, 1.165) is 13.0 Å². The van der Waals surface area contributed by atoms with Crippen LogP contribution in [0.15, 0.2) is 0 Å². The summed E-state index contributed by atoms with van der Waals surface area (Å²) in [6.07, 6.45) is 7.88. The van der Waals surface area contributed by atoms with Gasteiger partial charge in [0.05, 0.1) is 6.61 Å². The second-order valence-corrected chi connectivity index (χ2v) is 10.0. The molecule has 0 fully saturated rings. The SMILES string of the molecule is CCCCCCCCCCCCCCNCCCNC(=O)[C@H](O)[C@@H](O)[C@H](O)[C@H](O)COS(=O)(=O)[O-].[Na+]. The van der Waals surface area contributed by atoms with E-state index in [1.807, 2.05) is 0 Å². The Hall–Kier alpha value is 0.140. The van der Waals surface area contributed by atoms with Crippen LogP contribution in [0, 0.1) is 0 Å². The fourth-order valence-corrected chi connectivity index (χ4v) is 3.87. The van der Waals surface area contributed by atoms with Crippen LogP contribution in [0.3, 0.4) is 0 Å². The Balaban J connectivity index is 0. The summed E-state index contributed by atoms with van der Waals surface area (Å²) in [5.74, 6) is -0.956. The minimum absolute atomic E-state index is 0. The van der Waals surface area contributed by atoms with Crippen molar-refractivity contribution >= 4 is 16.3 Å². The van der Waals surface area contributed by atoms with Crippen LogP contribution in [0.1, 0.15) is 90.4 Å². The average Bonchev–Trinajstić information content (AvgIpc) is 2.82. The molecule has 0 aromatic carbocycles. The number of hydrogen-bond donors (Lipinski definition) is 6. The van der Waals surface area contributed by atoms with Crippen LogP contribution >= 0.6 is 0 Å². The van der Waals surface area contributed by atoms with E-state index in [0.29, 0.717) is 13.0 Å². The van der Waals surface area contributed by atoms with Crippen molar-refractivity contribution in [3.8, 4) is 0 Å². The molecule has 210 valence electrons. The van der Waals surface area contributed by atoms with Crippen LogP contribution < -0.4 is 40.2 Å². The molecule has 0 spiro atoms. The van der Waals surface area contributed by atoms with E-state index >= 15 is 0 Å². The van der Waals surface area contributed by atoms with Crippen LogP contribution in [-0.4, -0.2) is 90.0 Å².